The van der Waals surface area contributed by atoms with Gasteiger partial charge in [-0.15, -0.1) is 0 Å². The van der Waals surface area contributed by atoms with Crippen molar-refractivity contribution in [2.24, 2.45) is 4.99 Å². The van der Waals surface area contributed by atoms with Gasteiger partial charge in [-0.1, -0.05) is 0 Å². The van der Waals surface area contributed by atoms with E-state index in [2.05, 4.69) is 9.98 Å². The summed E-state index contributed by atoms with van der Waals surface area (Å²) in [6.07, 6.45) is 2.76. The van der Waals surface area contributed by atoms with Crippen molar-refractivity contribution in [2.75, 3.05) is 6.61 Å². The van der Waals surface area contributed by atoms with Crippen molar-refractivity contribution < 1.29 is 19.7 Å². The van der Waals surface area contributed by atoms with Gasteiger partial charge >= 0.3 is 0 Å². The lowest BCUT2D eigenvalue weighted by Gasteiger charge is -2.14. The van der Waals surface area contributed by atoms with Crippen LogP contribution in [0.25, 0.3) is 0 Å². The second-order valence-corrected chi connectivity index (χ2v) is 4.71. The molecule has 0 aliphatic carbocycles. The molecule has 102 valence electrons. The highest BCUT2D eigenvalue weighted by Gasteiger charge is 2.36. The van der Waals surface area contributed by atoms with E-state index in [1.807, 2.05) is 0 Å². The van der Waals surface area contributed by atoms with Crippen molar-refractivity contribution in [3.05, 3.63) is 12.0 Å². The lowest BCUT2D eigenvalue weighted by Crippen LogP contribution is -2.24. The zero-order valence-electron chi connectivity index (χ0n) is 10.3. The Bertz CT molecular complexity index is 525. The van der Waals surface area contributed by atoms with E-state index in [9.17, 15) is 9.90 Å². The molecule has 0 bridgehead atoms. The molecule has 0 amide bonds. The highest BCUT2D eigenvalue weighted by molar-refractivity contribution is 6.00. The smallest absolute Gasteiger partial charge is 0.185 e. The largest absolute Gasteiger partial charge is 0.394 e. The van der Waals surface area contributed by atoms with Crippen molar-refractivity contribution >= 4 is 17.8 Å². The molecule has 1 aromatic rings. The number of fused-ring (bicyclic) bond motifs is 1. The van der Waals surface area contributed by atoms with Crippen LogP contribution in [-0.4, -0.2) is 50.6 Å². The molecule has 1 fully saturated rings. The number of hydrogen-bond donors (Lipinski definition) is 2. The second-order valence-electron chi connectivity index (χ2n) is 4.71. The molecule has 1 aromatic heterocycles. The number of carbonyl (C=O) groups is 1. The lowest BCUT2D eigenvalue weighted by molar-refractivity contribution is -0.0438. The van der Waals surface area contributed by atoms with E-state index < -0.39 is 18.4 Å². The van der Waals surface area contributed by atoms with E-state index in [0.29, 0.717) is 30.8 Å². The summed E-state index contributed by atoms with van der Waals surface area (Å²) in [5, 5.41) is 18.8. The zero-order valence-corrected chi connectivity index (χ0v) is 10.3. The fourth-order valence-electron chi connectivity index (χ4n) is 2.41. The van der Waals surface area contributed by atoms with Crippen molar-refractivity contribution in [1.82, 2.24) is 9.55 Å². The Morgan fingerprint density at radius 2 is 2.37 bits per heavy atom. The fourth-order valence-corrected chi connectivity index (χ4v) is 2.41. The van der Waals surface area contributed by atoms with Crippen LogP contribution in [0.2, 0.25) is 0 Å². The molecular weight excluding hydrogens is 250 g/mol. The first kappa shape index (κ1) is 12.5. The van der Waals surface area contributed by atoms with Crippen LogP contribution < -0.4 is 0 Å². The Morgan fingerprint density at radius 1 is 1.53 bits per heavy atom. The van der Waals surface area contributed by atoms with Gasteiger partial charge in [0.05, 0.1) is 19.0 Å². The predicted octanol–water partition coefficient (Wildman–Crippen LogP) is 0.203. The lowest BCUT2D eigenvalue weighted by atomic mass is 10.2. The number of aliphatic hydroxyl groups is 2. The maximum Gasteiger partial charge on any atom is 0.185 e. The summed E-state index contributed by atoms with van der Waals surface area (Å²) in [6, 6.07) is 0. The summed E-state index contributed by atoms with van der Waals surface area (Å²) in [6.45, 7) is -0.239. The summed E-state index contributed by atoms with van der Waals surface area (Å²) in [5.74, 6) is 0.432. The summed E-state index contributed by atoms with van der Waals surface area (Å²) in [7, 11) is 0. The van der Waals surface area contributed by atoms with Gasteiger partial charge in [-0.05, 0) is 6.42 Å². The number of hydrogen-bond acceptors (Lipinski definition) is 6. The van der Waals surface area contributed by atoms with Gasteiger partial charge in [0, 0.05) is 19.1 Å². The minimum absolute atomic E-state index is 0.0384. The Labute approximate surface area is 109 Å². The van der Waals surface area contributed by atoms with Gasteiger partial charge < -0.3 is 14.9 Å². The van der Waals surface area contributed by atoms with E-state index in [0.717, 1.165) is 0 Å². The van der Waals surface area contributed by atoms with Crippen LogP contribution in [0.1, 0.15) is 36.0 Å². The molecule has 3 atom stereocenters. The summed E-state index contributed by atoms with van der Waals surface area (Å²) < 4.78 is 7.19. The highest BCUT2D eigenvalue weighted by atomic mass is 16.5. The predicted molar refractivity (Wildman–Crippen MR) is 65.6 cm³/mol. The van der Waals surface area contributed by atoms with Crippen molar-refractivity contribution in [1.29, 1.82) is 0 Å². The average Bonchev–Trinajstić information content (AvgIpc) is 2.93. The molecule has 0 unspecified atom stereocenters. The first-order valence-electron chi connectivity index (χ1n) is 6.27. The Balaban J connectivity index is 1.93. The molecule has 19 heavy (non-hydrogen) atoms. The number of rotatable bonds is 2. The molecule has 2 N–H and O–H groups in total. The quantitative estimate of drug-likeness (QED) is 0.796. The highest BCUT2D eigenvalue weighted by Crippen LogP contribution is 2.34. The third-order valence-corrected chi connectivity index (χ3v) is 3.44. The first-order valence-corrected chi connectivity index (χ1v) is 6.27. The Hall–Kier alpha value is -1.57. The maximum absolute atomic E-state index is 11.8. The van der Waals surface area contributed by atoms with Gasteiger partial charge in [-0.3, -0.25) is 9.36 Å². The molecule has 0 aromatic carbocycles. The molecule has 3 rings (SSSR count). The van der Waals surface area contributed by atoms with Crippen LogP contribution in [0.4, 0.5) is 5.82 Å². The zero-order chi connectivity index (χ0) is 13.4. The van der Waals surface area contributed by atoms with Crippen LogP contribution in [-0.2, 0) is 4.74 Å². The minimum Gasteiger partial charge on any atom is -0.394 e. The second kappa shape index (κ2) is 4.84. The maximum atomic E-state index is 11.8. The molecule has 0 spiro atoms. The number of ether oxygens (including phenoxy) is 1. The van der Waals surface area contributed by atoms with Crippen LogP contribution in [0.15, 0.2) is 11.3 Å². The van der Waals surface area contributed by atoms with Gasteiger partial charge in [-0.2, -0.15) is 0 Å². The van der Waals surface area contributed by atoms with Crippen LogP contribution in [0, 0.1) is 0 Å². The average molecular weight is 265 g/mol. The monoisotopic (exact) mass is 265 g/mol. The number of Topliss-reactive ketones (excluding diaryl/α,β-unsaturated/α-hetero) is 1. The Kier molecular flexibility index (Phi) is 3.17. The van der Waals surface area contributed by atoms with Gasteiger partial charge in [0.15, 0.2) is 17.3 Å². The van der Waals surface area contributed by atoms with E-state index >= 15 is 0 Å². The van der Waals surface area contributed by atoms with Crippen LogP contribution in [0.5, 0.6) is 0 Å². The first-order chi connectivity index (χ1) is 9.20. The molecule has 2 aliphatic heterocycles. The van der Waals surface area contributed by atoms with Gasteiger partial charge in [0.25, 0.3) is 0 Å². The van der Waals surface area contributed by atoms with Crippen molar-refractivity contribution in [3.63, 3.8) is 0 Å². The van der Waals surface area contributed by atoms with Crippen LogP contribution in [0.3, 0.4) is 0 Å². The van der Waals surface area contributed by atoms with E-state index in [1.165, 1.54) is 6.33 Å². The molecule has 7 nitrogen and oxygen atoms in total. The topological polar surface area (TPSA) is 96.9 Å². The van der Waals surface area contributed by atoms with E-state index in [4.69, 9.17) is 9.84 Å². The number of aliphatic hydroxyl groups excluding tert-OH is 2. The molecule has 2 aliphatic rings. The van der Waals surface area contributed by atoms with E-state index in [-0.39, 0.29) is 12.4 Å². The SMILES string of the molecule is O=C1CCC=Nc2c1ncn2[C@H]1C[C@@H](O)[C@@H](CO)O1. The third kappa shape index (κ3) is 2.09. The fraction of sp³-hybridized carbons (Fsp3) is 0.583. The number of aromatic nitrogens is 2. The molecule has 7 heteroatoms. The Morgan fingerprint density at radius 3 is 3.11 bits per heavy atom. The molecule has 1 saturated heterocycles. The standard InChI is InChI=1S/C12H15N3O4/c16-5-9-8(18)4-10(19-9)15-6-14-11-7(17)2-1-3-13-12(11)15/h3,6,8-10,16,18H,1-2,4-5H2/t8-,9-,10-/m1/s1. The number of nitrogens with zero attached hydrogens (tertiary/aromatic N) is 3. The van der Waals surface area contributed by atoms with Crippen molar-refractivity contribution in [2.45, 2.75) is 37.7 Å². The van der Waals surface area contributed by atoms with Gasteiger partial charge in [0.2, 0.25) is 0 Å². The number of ketones is 1. The van der Waals surface area contributed by atoms with E-state index in [1.54, 1.807) is 10.8 Å². The summed E-state index contributed by atoms with van der Waals surface area (Å²) in [5.41, 5.74) is 0.347. The summed E-state index contributed by atoms with van der Waals surface area (Å²) >= 11 is 0. The number of carbonyl (C=O) groups excluding carboxylic acids is 1. The van der Waals surface area contributed by atoms with Gasteiger partial charge in [0.1, 0.15) is 12.3 Å². The third-order valence-electron chi connectivity index (χ3n) is 3.44. The normalized spacial score (nSPS) is 30.4. The molecule has 0 saturated carbocycles. The van der Waals surface area contributed by atoms with Crippen molar-refractivity contribution in [3.8, 4) is 0 Å². The number of imidazole rings is 1. The number of aliphatic imine (C=N–C) groups is 1. The molecule has 0 radical (unpaired) electrons. The van der Waals surface area contributed by atoms with Gasteiger partial charge in [-0.25, -0.2) is 9.98 Å². The summed E-state index contributed by atoms with van der Waals surface area (Å²) in [4.78, 5) is 20.2. The molecular formula is C12H15N3O4. The van der Waals surface area contributed by atoms with Crippen LogP contribution >= 0.6 is 0 Å². The molecule has 3 heterocycles. The minimum atomic E-state index is -0.724.